The Balaban J connectivity index is 1.71. The Labute approximate surface area is 185 Å². The van der Waals surface area contributed by atoms with Crippen molar-refractivity contribution in [3.05, 3.63) is 51.7 Å². The summed E-state index contributed by atoms with van der Waals surface area (Å²) >= 11 is 0. The summed E-state index contributed by atoms with van der Waals surface area (Å²) in [7, 11) is 1.41. The van der Waals surface area contributed by atoms with Crippen molar-refractivity contribution in [3.8, 4) is 11.5 Å². The van der Waals surface area contributed by atoms with E-state index in [9.17, 15) is 19.7 Å². The zero-order valence-corrected chi connectivity index (χ0v) is 18.3. The number of hydrogen-bond donors (Lipinski definition) is 1. The van der Waals surface area contributed by atoms with Crippen molar-refractivity contribution in [1.29, 1.82) is 0 Å². The van der Waals surface area contributed by atoms with E-state index in [2.05, 4.69) is 10.3 Å². The summed E-state index contributed by atoms with van der Waals surface area (Å²) in [6.45, 7) is 4.58. The molecule has 2 heterocycles. The molecule has 0 aliphatic carbocycles. The quantitative estimate of drug-likeness (QED) is 0.516. The van der Waals surface area contributed by atoms with E-state index >= 15 is 0 Å². The van der Waals surface area contributed by atoms with Crippen molar-refractivity contribution in [2.24, 2.45) is 5.92 Å². The van der Waals surface area contributed by atoms with Gasteiger partial charge >= 0.3 is 0 Å². The topological polar surface area (TPSA) is 124 Å². The van der Waals surface area contributed by atoms with Crippen LogP contribution in [0.25, 0.3) is 0 Å². The van der Waals surface area contributed by atoms with Crippen LogP contribution in [0.3, 0.4) is 0 Å². The molecule has 2 amide bonds. The molecule has 0 atom stereocenters. The van der Waals surface area contributed by atoms with Gasteiger partial charge in [-0.15, -0.1) is 0 Å². The Morgan fingerprint density at radius 2 is 1.97 bits per heavy atom. The number of ether oxygens (including phenoxy) is 2. The molecule has 0 unspecified atom stereocenters. The first kappa shape index (κ1) is 23.0. The van der Waals surface area contributed by atoms with Gasteiger partial charge in [0.25, 0.3) is 11.6 Å². The number of rotatable bonds is 7. The van der Waals surface area contributed by atoms with Gasteiger partial charge in [0.1, 0.15) is 11.4 Å². The second-order valence-corrected chi connectivity index (χ2v) is 7.48. The summed E-state index contributed by atoms with van der Waals surface area (Å²) in [5.41, 5.74) is 0.579. The van der Waals surface area contributed by atoms with Crippen LogP contribution < -0.4 is 14.8 Å². The number of pyridine rings is 1. The first-order chi connectivity index (χ1) is 15.3. The molecule has 1 aliphatic heterocycles. The van der Waals surface area contributed by atoms with E-state index in [4.69, 9.17) is 9.47 Å². The summed E-state index contributed by atoms with van der Waals surface area (Å²) in [5.74, 6) is 0.0529. The Hall–Kier alpha value is -3.69. The Bertz CT molecular complexity index is 1020. The number of amides is 2. The van der Waals surface area contributed by atoms with E-state index < -0.39 is 10.8 Å². The lowest BCUT2D eigenvalue weighted by molar-refractivity contribution is -0.385. The fourth-order valence-corrected chi connectivity index (χ4v) is 3.65. The van der Waals surface area contributed by atoms with E-state index in [1.54, 1.807) is 19.2 Å². The van der Waals surface area contributed by atoms with Crippen molar-refractivity contribution in [2.45, 2.75) is 26.7 Å². The van der Waals surface area contributed by atoms with Gasteiger partial charge in [-0.05, 0) is 44.4 Å². The monoisotopic (exact) mass is 442 g/mol. The molecule has 1 aromatic carbocycles. The van der Waals surface area contributed by atoms with Gasteiger partial charge in [0.05, 0.1) is 24.7 Å². The second kappa shape index (κ2) is 10.1. The Morgan fingerprint density at radius 3 is 2.56 bits per heavy atom. The molecule has 32 heavy (non-hydrogen) atoms. The average Bonchev–Trinajstić information content (AvgIpc) is 2.78. The number of carbonyl (C=O) groups is 2. The lowest BCUT2D eigenvalue weighted by Gasteiger charge is -2.31. The van der Waals surface area contributed by atoms with Crippen LogP contribution in [-0.2, 0) is 4.79 Å². The normalized spacial score (nSPS) is 14.0. The molecule has 0 saturated carbocycles. The van der Waals surface area contributed by atoms with Gasteiger partial charge < -0.3 is 19.7 Å². The number of likely N-dealkylation sites (tertiary alicyclic amines) is 1. The molecule has 0 spiro atoms. The number of anilines is 1. The molecule has 0 bridgehead atoms. The Morgan fingerprint density at radius 1 is 1.25 bits per heavy atom. The number of nitrogens with zero attached hydrogens (tertiary/aromatic N) is 3. The van der Waals surface area contributed by atoms with Crippen molar-refractivity contribution in [1.82, 2.24) is 9.88 Å². The number of methoxy groups -OCH3 is 1. The van der Waals surface area contributed by atoms with Crippen molar-refractivity contribution < 1.29 is 24.0 Å². The number of nitro groups is 1. The smallest absolute Gasteiger partial charge is 0.286 e. The zero-order valence-electron chi connectivity index (χ0n) is 18.3. The standard InChI is InChI=1S/C22H26N4O6/c1-4-32-19-13-17(26(29)30)16(12-18(19)31-3)22(28)25-9-6-15(7-10-25)21(27)24-20-11-14(2)5-8-23-20/h5,8,11-13,15H,4,6-7,9-10H2,1-3H3,(H,23,24,27). The van der Waals surface area contributed by atoms with E-state index in [-0.39, 0.29) is 34.6 Å². The average molecular weight is 442 g/mol. The fraction of sp³-hybridized carbons (Fsp3) is 0.409. The lowest BCUT2D eigenvalue weighted by atomic mass is 9.95. The highest BCUT2D eigenvalue weighted by Gasteiger charge is 2.32. The number of nitrogens with one attached hydrogen (secondary N) is 1. The van der Waals surface area contributed by atoms with Crippen LogP contribution in [0.5, 0.6) is 11.5 Å². The molecule has 10 nitrogen and oxygen atoms in total. The predicted octanol–water partition coefficient (Wildman–Crippen LogP) is 3.20. The number of carbonyl (C=O) groups excluding carboxylic acids is 2. The Kier molecular flexibility index (Phi) is 7.24. The molecule has 1 saturated heterocycles. The zero-order chi connectivity index (χ0) is 23.3. The second-order valence-electron chi connectivity index (χ2n) is 7.48. The molecule has 1 aliphatic rings. The maximum atomic E-state index is 13.1. The van der Waals surface area contributed by atoms with E-state index in [0.29, 0.717) is 38.4 Å². The van der Waals surface area contributed by atoms with Crippen molar-refractivity contribution in [3.63, 3.8) is 0 Å². The summed E-state index contributed by atoms with van der Waals surface area (Å²) in [4.78, 5) is 42.3. The third kappa shape index (κ3) is 5.13. The number of nitro benzene ring substituents is 1. The highest BCUT2D eigenvalue weighted by Crippen LogP contribution is 2.36. The van der Waals surface area contributed by atoms with Crippen molar-refractivity contribution in [2.75, 3.05) is 32.1 Å². The van der Waals surface area contributed by atoms with E-state index in [1.807, 2.05) is 13.0 Å². The number of benzene rings is 1. The minimum Gasteiger partial charge on any atom is -0.493 e. The van der Waals surface area contributed by atoms with E-state index in [0.717, 1.165) is 5.56 Å². The van der Waals surface area contributed by atoms with Crippen LogP contribution in [0.1, 0.15) is 35.7 Å². The summed E-state index contributed by atoms with van der Waals surface area (Å²) < 4.78 is 10.6. The maximum absolute atomic E-state index is 13.1. The van der Waals surface area contributed by atoms with Gasteiger partial charge in [-0.1, -0.05) is 0 Å². The first-order valence-electron chi connectivity index (χ1n) is 10.4. The highest BCUT2D eigenvalue weighted by atomic mass is 16.6. The minimum atomic E-state index is -0.607. The SMILES string of the molecule is CCOc1cc([N+](=O)[O-])c(C(=O)N2CCC(C(=O)Nc3cc(C)ccn3)CC2)cc1OC. The summed E-state index contributed by atoms with van der Waals surface area (Å²) in [5, 5.41) is 14.4. The molecule has 3 rings (SSSR count). The molecular weight excluding hydrogens is 416 g/mol. The predicted molar refractivity (Wildman–Crippen MR) is 117 cm³/mol. The summed E-state index contributed by atoms with van der Waals surface area (Å²) in [6, 6.07) is 6.18. The summed E-state index contributed by atoms with van der Waals surface area (Å²) in [6.07, 6.45) is 2.53. The third-order valence-electron chi connectivity index (χ3n) is 5.33. The lowest BCUT2D eigenvalue weighted by Crippen LogP contribution is -2.41. The highest BCUT2D eigenvalue weighted by molar-refractivity contribution is 5.99. The molecule has 1 N–H and O–H groups in total. The third-order valence-corrected chi connectivity index (χ3v) is 5.33. The molecule has 1 fully saturated rings. The van der Waals surface area contributed by atoms with Gasteiger partial charge in [0.2, 0.25) is 5.91 Å². The van der Waals surface area contributed by atoms with Crippen LogP contribution >= 0.6 is 0 Å². The number of piperidine rings is 1. The number of aryl methyl sites for hydroxylation is 1. The van der Waals surface area contributed by atoms with Gasteiger partial charge in [-0.2, -0.15) is 0 Å². The van der Waals surface area contributed by atoms with Crippen LogP contribution in [-0.4, -0.2) is 53.4 Å². The van der Waals surface area contributed by atoms with Crippen LogP contribution in [0.2, 0.25) is 0 Å². The van der Waals surface area contributed by atoms with Crippen molar-refractivity contribution >= 4 is 23.3 Å². The molecular formula is C22H26N4O6. The minimum absolute atomic E-state index is 0.0674. The number of hydrogen-bond acceptors (Lipinski definition) is 7. The molecule has 2 aromatic rings. The van der Waals surface area contributed by atoms with E-state index in [1.165, 1.54) is 24.1 Å². The van der Waals surface area contributed by atoms with Gasteiger partial charge in [-0.3, -0.25) is 19.7 Å². The van der Waals surface area contributed by atoms with Crippen LogP contribution in [0.15, 0.2) is 30.5 Å². The largest absolute Gasteiger partial charge is 0.493 e. The molecule has 1 aromatic heterocycles. The number of aromatic nitrogens is 1. The van der Waals surface area contributed by atoms with Crippen LogP contribution in [0.4, 0.5) is 11.5 Å². The van der Waals surface area contributed by atoms with Gasteiger partial charge in [0.15, 0.2) is 11.5 Å². The van der Waals surface area contributed by atoms with Crippen LogP contribution in [0, 0.1) is 23.0 Å². The first-order valence-corrected chi connectivity index (χ1v) is 10.4. The molecule has 170 valence electrons. The molecule has 10 heteroatoms. The van der Waals surface area contributed by atoms with Gasteiger partial charge in [-0.25, -0.2) is 4.98 Å². The molecule has 0 radical (unpaired) electrons. The maximum Gasteiger partial charge on any atom is 0.286 e. The van der Waals surface area contributed by atoms with Gasteiger partial charge in [0, 0.05) is 31.3 Å². The fourth-order valence-electron chi connectivity index (χ4n) is 3.65.